The first-order valence-electron chi connectivity index (χ1n) is 10.4. The van der Waals surface area contributed by atoms with Crippen LogP contribution in [0.3, 0.4) is 0 Å². The molecular weight excluding hydrogens is 302 g/mol. The van der Waals surface area contributed by atoms with E-state index in [9.17, 15) is 0 Å². The number of hydrogen-bond acceptors (Lipinski definition) is 1. The Morgan fingerprint density at radius 1 is 0.920 bits per heavy atom. The molecule has 0 radical (unpaired) electrons. The molecule has 0 aliphatic heterocycles. The maximum Gasteiger partial charge on any atom is 0.0908 e. The molecule has 1 nitrogen and oxygen atoms in total. The third-order valence-corrected chi connectivity index (χ3v) is 5.79. The lowest BCUT2D eigenvalue weighted by molar-refractivity contribution is 0.250. The van der Waals surface area contributed by atoms with E-state index in [0.717, 1.165) is 18.3 Å². The number of nitriles is 1. The molecule has 0 aromatic heterocycles. The molecule has 1 aliphatic carbocycles. The smallest absolute Gasteiger partial charge is 0.0908 e. The number of rotatable bonds is 10. The minimum absolute atomic E-state index is 0.904. The van der Waals surface area contributed by atoms with Crippen LogP contribution in [0.4, 0.5) is 0 Å². The molecule has 0 amide bonds. The van der Waals surface area contributed by atoms with Crippen LogP contribution in [0.5, 0.6) is 0 Å². The van der Waals surface area contributed by atoms with Crippen molar-refractivity contribution in [2.24, 2.45) is 11.8 Å². The second kappa shape index (κ2) is 11.9. The van der Waals surface area contributed by atoms with E-state index in [1.54, 1.807) is 6.08 Å². The fourth-order valence-corrected chi connectivity index (χ4v) is 4.20. The van der Waals surface area contributed by atoms with Gasteiger partial charge in [0.05, 0.1) is 6.07 Å². The Morgan fingerprint density at radius 3 is 2.12 bits per heavy atom. The Labute approximate surface area is 155 Å². The summed E-state index contributed by atoms with van der Waals surface area (Å²) in [5.74, 6) is 1.87. The molecule has 1 aromatic carbocycles. The zero-order chi connectivity index (χ0) is 17.7. The molecule has 1 heteroatoms. The maximum absolute atomic E-state index is 8.51. The summed E-state index contributed by atoms with van der Waals surface area (Å²) in [4.78, 5) is 0. The highest BCUT2D eigenvalue weighted by Crippen LogP contribution is 2.34. The van der Waals surface area contributed by atoms with E-state index >= 15 is 0 Å². The second-order valence-corrected chi connectivity index (χ2v) is 7.81. The lowest BCUT2D eigenvalue weighted by Crippen LogP contribution is -2.14. The van der Waals surface area contributed by atoms with Gasteiger partial charge in [-0.15, -0.1) is 0 Å². The predicted molar refractivity (Wildman–Crippen MR) is 107 cm³/mol. The van der Waals surface area contributed by atoms with Crippen molar-refractivity contribution in [1.82, 2.24) is 0 Å². The number of unbranched alkanes of at least 4 members (excludes halogenated alkanes) is 1. The Balaban J connectivity index is 1.54. The second-order valence-electron chi connectivity index (χ2n) is 7.81. The summed E-state index contributed by atoms with van der Waals surface area (Å²) in [6.45, 7) is 2.24. The van der Waals surface area contributed by atoms with E-state index in [1.165, 1.54) is 81.8 Å². The molecular formula is C24H35N. The van der Waals surface area contributed by atoms with Crippen LogP contribution in [0.25, 0.3) is 0 Å². The topological polar surface area (TPSA) is 23.8 Å². The van der Waals surface area contributed by atoms with Crippen LogP contribution in [0.2, 0.25) is 0 Å². The van der Waals surface area contributed by atoms with Gasteiger partial charge in [0, 0.05) is 6.08 Å². The summed E-state index contributed by atoms with van der Waals surface area (Å²) in [7, 11) is 0. The highest BCUT2D eigenvalue weighted by molar-refractivity contribution is 5.22. The molecule has 0 spiro atoms. The van der Waals surface area contributed by atoms with E-state index in [0.29, 0.717) is 0 Å². The van der Waals surface area contributed by atoms with Crippen LogP contribution in [0.1, 0.15) is 82.3 Å². The molecule has 0 unspecified atom stereocenters. The Kier molecular flexibility index (Phi) is 9.42. The van der Waals surface area contributed by atoms with Crippen molar-refractivity contribution in [3.05, 3.63) is 47.5 Å². The van der Waals surface area contributed by atoms with Gasteiger partial charge in [0.1, 0.15) is 0 Å². The normalized spacial score (nSPS) is 20.6. The number of benzene rings is 1. The average Bonchev–Trinajstić information content (AvgIpc) is 2.65. The zero-order valence-electron chi connectivity index (χ0n) is 16.1. The highest BCUT2D eigenvalue weighted by Gasteiger charge is 2.20. The molecule has 1 aromatic rings. The van der Waals surface area contributed by atoms with E-state index in [-0.39, 0.29) is 0 Å². The van der Waals surface area contributed by atoms with Gasteiger partial charge in [-0.05, 0) is 55.1 Å². The third kappa shape index (κ3) is 7.91. The van der Waals surface area contributed by atoms with Crippen molar-refractivity contribution in [1.29, 1.82) is 5.26 Å². The van der Waals surface area contributed by atoms with Crippen LogP contribution in [0, 0.1) is 23.2 Å². The molecule has 0 atom stereocenters. The minimum Gasteiger partial charge on any atom is -0.193 e. The number of aryl methyl sites for hydroxylation is 2. The first-order valence-corrected chi connectivity index (χ1v) is 10.4. The SMILES string of the molecule is CCCc1ccc(CCCCC2CCC(CCC=CC#N)CC2)cc1. The van der Waals surface area contributed by atoms with Crippen molar-refractivity contribution >= 4 is 0 Å². The van der Waals surface area contributed by atoms with Crippen molar-refractivity contribution < 1.29 is 0 Å². The van der Waals surface area contributed by atoms with Gasteiger partial charge in [0.15, 0.2) is 0 Å². The molecule has 0 heterocycles. The summed E-state index contributed by atoms with van der Waals surface area (Å²) < 4.78 is 0. The van der Waals surface area contributed by atoms with Gasteiger partial charge < -0.3 is 0 Å². The molecule has 0 bridgehead atoms. The van der Waals surface area contributed by atoms with Crippen molar-refractivity contribution in [3.63, 3.8) is 0 Å². The largest absolute Gasteiger partial charge is 0.193 e. The minimum atomic E-state index is 0.904. The van der Waals surface area contributed by atoms with Crippen molar-refractivity contribution in [3.8, 4) is 6.07 Å². The summed E-state index contributed by atoms with van der Waals surface area (Å²) >= 11 is 0. The standard InChI is InChI=1S/C24H35N/c1-2-8-21-12-14-23(15-13-21)10-5-6-11-24-18-16-22(17-19-24)9-4-3-7-20-25/h3,7,12-15,22,24H,2,4-6,8-11,16-19H2,1H3. The van der Waals surface area contributed by atoms with Crippen LogP contribution < -0.4 is 0 Å². The van der Waals surface area contributed by atoms with Crippen molar-refractivity contribution in [2.45, 2.75) is 84.0 Å². The summed E-state index contributed by atoms with van der Waals surface area (Å²) in [6.07, 6.45) is 19.5. The lowest BCUT2D eigenvalue weighted by atomic mass is 9.78. The van der Waals surface area contributed by atoms with Gasteiger partial charge in [0.25, 0.3) is 0 Å². The summed E-state index contributed by atoms with van der Waals surface area (Å²) in [5, 5.41) is 8.51. The van der Waals surface area contributed by atoms with Gasteiger partial charge in [-0.3, -0.25) is 0 Å². The highest BCUT2D eigenvalue weighted by atomic mass is 14.3. The van der Waals surface area contributed by atoms with Crippen molar-refractivity contribution in [2.75, 3.05) is 0 Å². The van der Waals surface area contributed by atoms with E-state index in [2.05, 4.69) is 37.3 Å². The molecule has 1 fully saturated rings. The molecule has 1 aliphatic rings. The predicted octanol–water partition coefficient (Wildman–Crippen LogP) is 7.02. The Hall–Kier alpha value is -1.55. The monoisotopic (exact) mass is 337 g/mol. The molecule has 0 N–H and O–H groups in total. The van der Waals surface area contributed by atoms with Gasteiger partial charge in [0.2, 0.25) is 0 Å². The number of nitrogens with zero attached hydrogens (tertiary/aromatic N) is 1. The lowest BCUT2D eigenvalue weighted by Gasteiger charge is -2.28. The number of hydrogen-bond donors (Lipinski definition) is 0. The fourth-order valence-electron chi connectivity index (χ4n) is 4.20. The molecule has 0 saturated heterocycles. The van der Waals surface area contributed by atoms with Gasteiger partial charge in [-0.1, -0.05) is 82.2 Å². The third-order valence-electron chi connectivity index (χ3n) is 5.79. The molecule has 25 heavy (non-hydrogen) atoms. The zero-order valence-corrected chi connectivity index (χ0v) is 16.1. The fraction of sp³-hybridized carbons (Fsp3) is 0.625. The maximum atomic E-state index is 8.51. The Bertz CT molecular complexity index is 526. The summed E-state index contributed by atoms with van der Waals surface area (Å²) in [5.41, 5.74) is 2.99. The van der Waals surface area contributed by atoms with Crippen LogP contribution >= 0.6 is 0 Å². The first-order chi connectivity index (χ1) is 12.3. The number of allylic oxidation sites excluding steroid dienone is 2. The summed E-state index contributed by atoms with van der Waals surface area (Å²) in [6, 6.07) is 11.4. The molecule has 2 rings (SSSR count). The quantitative estimate of drug-likeness (QED) is 0.332. The van der Waals surface area contributed by atoms with E-state index in [4.69, 9.17) is 5.26 Å². The van der Waals surface area contributed by atoms with Gasteiger partial charge in [-0.2, -0.15) is 5.26 Å². The van der Waals surface area contributed by atoms with Gasteiger partial charge >= 0.3 is 0 Å². The van der Waals surface area contributed by atoms with E-state index in [1.807, 2.05) is 6.08 Å². The molecule has 136 valence electrons. The molecule has 1 saturated carbocycles. The van der Waals surface area contributed by atoms with Crippen LogP contribution in [-0.2, 0) is 12.8 Å². The first kappa shape index (κ1) is 19.8. The van der Waals surface area contributed by atoms with Gasteiger partial charge in [-0.25, -0.2) is 0 Å². The van der Waals surface area contributed by atoms with Crippen LogP contribution in [0.15, 0.2) is 36.4 Å². The van der Waals surface area contributed by atoms with Crippen LogP contribution in [-0.4, -0.2) is 0 Å². The average molecular weight is 338 g/mol. The Morgan fingerprint density at radius 2 is 1.52 bits per heavy atom. The van der Waals surface area contributed by atoms with E-state index < -0.39 is 0 Å².